The minimum atomic E-state index is 0. The molecule has 0 aliphatic carbocycles. The van der Waals surface area contributed by atoms with Crippen LogP contribution in [0, 0.1) is 0 Å². The van der Waals surface area contributed by atoms with Gasteiger partial charge >= 0.3 is 0 Å². The topological polar surface area (TPSA) is 21.3 Å². The van der Waals surface area contributed by atoms with Crippen molar-refractivity contribution in [3.05, 3.63) is 29.8 Å². The molecule has 2 rings (SSSR count). The zero-order valence-electron chi connectivity index (χ0n) is 7.62. The van der Waals surface area contributed by atoms with Crippen molar-refractivity contribution < 1.29 is 4.74 Å². The van der Waals surface area contributed by atoms with Crippen LogP contribution in [-0.2, 0) is 11.2 Å². The molecule has 13 heavy (non-hydrogen) atoms. The summed E-state index contributed by atoms with van der Waals surface area (Å²) in [5.74, 6) is 0. The number of fused-ring (bicyclic) bond motifs is 1. The summed E-state index contributed by atoms with van der Waals surface area (Å²) < 4.78 is 5.29. The minimum absolute atomic E-state index is 0. The third kappa shape index (κ3) is 2.14. The van der Waals surface area contributed by atoms with Crippen LogP contribution >= 0.6 is 12.4 Å². The number of methoxy groups -OCH3 is 1. The number of anilines is 1. The van der Waals surface area contributed by atoms with Gasteiger partial charge in [-0.1, -0.05) is 18.2 Å². The first kappa shape index (κ1) is 10.4. The van der Waals surface area contributed by atoms with Crippen LogP contribution in [0.3, 0.4) is 0 Å². The summed E-state index contributed by atoms with van der Waals surface area (Å²) in [6, 6.07) is 8.38. The quantitative estimate of drug-likeness (QED) is 0.748. The highest BCUT2D eigenvalue weighted by molar-refractivity contribution is 5.85. The van der Waals surface area contributed by atoms with Crippen molar-refractivity contribution in [2.24, 2.45) is 0 Å². The Bertz CT molecular complexity index is 277. The zero-order chi connectivity index (χ0) is 8.39. The van der Waals surface area contributed by atoms with Gasteiger partial charge in [0.05, 0.1) is 6.10 Å². The number of ether oxygens (including phenoxy) is 1. The molecule has 72 valence electrons. The van der Waals surface area contributed by atoms with Crippen molar-refractivity contribution in [3.8, 4) is 0 Å². The second-order valence-electron chi connectivity index (χ2n) is 3.10. The van der Waals surface area contributed by atoms with Crippen LogP contribution in [0.15, 0.2) is 24.3 Å². The summed E-state index contributed by atoms with van der Waals surface area (Å²) in [6.45, 7) is 0.924. The standard InChI is InChI=1S/C10H13NO.ClH/c1-12-9-6-8-4-2-3-5-10(8)11-7-9;/h2-5,9,11H,6-7H2,1H3;1H. The summed E-state index contributed by atoms with van der Waals surface area (Å²) in [5, 5.41) is 3.34. The fourth-order valence-electron chi connectivity index (χ4n) is 1.58. The van der Waals surface area contributed by atoms with Crippen LogP contribution in [0.25, 0.3) is 0 Å². The SMILES string of the molecule is COC1CNc2ccccc2C1.Cl. The number of nitrogens with one attached hydrogen (secondary N) is 1. The molecule has 0 saturated carbocycles. The molecule has 0 fully saturated rings. The lowest BCUT2D eigenvalue weighted by Crippen LogP contribution is -2.29. The van der Waals surface area contributed by atoms with Gasteiger partial charge in [0.1, 0.15) is 0 Å². The fraction of sp³-hybridized carbons (Fsp3) is 0.400. The molecule has 0 spiro atoms. The second-order valence-corrected chi connectivity index (χ2v) is 3.10. The second kappa shape index (κ2) is 4.49. The Labute approximate surface area is 84.7 Å². The minimum Gasteiger partial charge on any atom is -0.382 e. The average molecular weight is 200 g/mol. The molecule has 0 aromatic heterocycles. The monoisotopic (exact) mass is 199 g/mol. The molecule has 0 saturated heterocycles. The smallest absolute Gasteiger partial charge is 0.0784 e. The van der Waals surface area contributed by atoms with E-state index in [1.807, 2.05) is 0 Å². The summed E-state index contributed by atoms with van der Waals surface area (Å²) in [4.78, 5) is 0. The lowest BCUT2D eigenvalue weighted by atomic mass is 10.0. The molecule has 1 heterocycles. The molecular weight excluding hydrogens is 186 g/mol. The molecule has 1 aromatic carbocycles. The number of hydrogen-bond donors (Lipinski definition) is 1. The average Bonchev–Trinajstić information content (AvgIpc) is 2.17. The molecule has 0 amide bonds. The van der Waals surface area contributed by atoms with E-state index in [-0.39, 0.29) is 12.4 Å². The van der Waals surface area contributed by atoms with Gasteiger partial charge in [-0.15, -0.1) is 12.4 Å². The Morgan fingerprint density at radius 3 is 2.92 bits per heavy atom. The molecule has 1 atom stereocenters. The lowest BCUT2D eigenvalue weighted by molar-refractivity contribution is 0.111. The predicted octanol–water partition coefficient (Wildman–Crippen LogP) is 2.09. The maximum absolute atomic E-state index is 5.29. The van der Waals surface area contributed by atoms with Crippen LogP contribution in [0.5, 0.6) is 0 Å². The van der Waals surface area contributed by atoms with Crippen molar-refractivity contribution in [2.45, 2.75) is 12.5 Å². The maximum atomic E-state index is 5.29. The third-order valence-corrected chi connectivity index (χ3v) is 2.32. The van der Waals surface area contributed by atoms with E-state index < -0.39 is 0 Å². The number of halogens is 1. The van der Waals surface area contributed by atoms with E-state index in [0.29, 0.717) is 6.10 Å². The molecule has 1 aliphatic rings. The van der Waals surface area contributed by atoms with Crippen molar-refractivity contribution >= 4 is 18.1 Å². The van der Waals surface area contributed by atoms with E-state index in [1.165, 1.54) is 11.3 Å². The Morgan fingerprint density at radius 1 is 1.38 bits per heavy atom. The van der Waals surface area contributed by atoms with Gasteiger partial charge in [-0.3, -0.25) is 0 Å². The van der Waals surface area contributed by atoms with Crippen LogP contribution < -0.4 is 5.32 Å². The Hall–Kier alpha value is -0.730. The van der Waals surface area contributed by atoms with Crippen LogP contribution in [0.2, 0.25) is 0 Å². The largest absolute Gasteiger partial charge is 0.382 e. The van der Waals surface area contributed by atoms with Gasteiger partial charge in [0.15, 0.2) is 0 Å². The van der Waals surface area contributed by atoms with Gasteiger partial charge in [0.2, 0.25) is 0 Å². The highest BCUT2D eigenvalue weighted by Gasteiger charge is 2.16. The maximum Gasteiger partial charge on any atom is 0.0784 e. The Morgan fingerprint density at radius 2 is 2.15 bits per heavy atom. The van der Waals surface area contributed by atoms with E-state index >= 15 is 0 Å². The highest BCUT2D eigenvalue weighted by atomic mass is 35.5. The normalized spacial score (nSPS) is 19.6. The summed E-state index contributed by atoms with van der Waals surface area (Å²) in [5.41, 5.74) is 2.61. The van der Waals surface area contributed by atoms with E-state index in [9.17, 15) is 0 Å². The van der Waals surface area contributed by atoms with E-state index in [2.05, 4.69) is 29.6 Å². The zero-order valence-corrected chi connectivity index (χ0v) is 8.43. The molecule has 0 radical (unpaired) electrons. The molecule has 3 heteroatoms. The highest BCUT2D eigenvalue weighted by Crippen LogP contribution is 2.21. The molecule has 1 aromatic rings. The van der Waals surface area contributed by atoms with Gasteiger partial charge < -0.3 is 10.1 Å². The van der Waals surface area contributed by atoms with Crippen LogP contribution in [-0.4, -0.2) is 19.8 Å². The third-order valence-electron chi connectivity index (χ3n) is 2.32. The van der Waals surface area contributed by atoms with Crippen molar-refractivity contribution in [3.63, 3.8) is 0 Å². The van der Waals surface area contributed by atoms with E-state index in [4.69, 9.17) is 4.74 Å². The first-order chi connectivity index (χ1) is 5.90. The summed E-state index contributed by atoms with van der Waals surface area (Å²) >= 11 is 0. The molecule has 2 nitrogen and oxygen atoms in total. The summed E-state index contributed by atoms with van der Waals surface area (Å²) in [7, 11) is 1.76. The van der Waals surface area contributed by atoms with Crippen molar-refractivity contribution in [1.29, 1.82) is 0 Å². The van der Waals surface area contributed by atoms with Crippen molar-refractivity contribution in [1.82, 2.24) is 0 Å². The molecule has 1 unspecified atom stereocenters. The summed E-state index contributed by atoms with van der Waals surface area (Å²) in [6.07, 6.45) is 1.36. The van der Waals surface area contributed by atoms with Gasteiger partial charge in [0, 0.05) is 25.8 Å². The molecule has 0 bridgehead atoms. The first-order valence-electron chi connectivity index (χ1n) is 4.24. The number of benzene rings is 1. The van der Waals surface area contributed by atoms with Crippen LogP contribution in [0.4, 0.5) is 5.69 Å². The molecular formula is C10H14ClNO. The number of para-hydroxylation sites is 1. The van der Waals surface area contributed by atoms with Gasteiger partial charge in [-0.2, -0.15) is 0 Å². The lowest BCUT2D eigenvalue weighted by Gasteiger charge is -2.24. The Balaban J connectivity index is 0.000000845. The fourth-order valence-corrected chi connectivity index (χ4v) is 1.58. The number of rotatable bonds is 1. The van der Waals surface area contributed by atoms with Gasteiger partial charge in [-0.25, -0.2) is 0 Å². The van der Waals surface area contributed by atoms with Crippen LogP contribution in [0.1, 0.15) is 5.56 Å². The molecule has 1 aliphatic heterocycles. The van der Waals surface area contributed by atoms with Gasteiger partial charge in [-0.05, 0) is 11.6 Å². The predicted molar refractivity (Wildman–Crippen MR) is 56.7 cm³/mol. The van der Waals surface area contributed by atoms with Gasteiger partial charge in [0.25, 0.3) is 0 Å². The molecule has 1 N–H and O–H groups in total. The Kier molecular flexibility index (Phi) is 3.58. The van der Waals surface area contributed by atoms with Crippen molar-refractivity contribution in [2.75, 3.05) is 19.0 Å². The van der Waals surface area contributed by atoms with E-state index in [1.54, 1.807) is 7.11 Å². The first-order valence-corrected chi connectivity index (χ1v) is 4.24. The number of hydrogen-bond acceptors (Lipinski definition) is 2. The van der Waals surface area contributed by atoms with E-state index in [0.717, 1.165) is 13.0 Å².